The summed E-state index contributed by atoms with van der Waals surface area (Å²) in [6.07, 6.45) is 3.27. The highest BCUT2D eigenvalue weighted by atomic mass is 32.1. The average molecular weight is 449 g/mol. The summed E-state index contributed by atoms with van der Waals surface area (Å²) < 4.78 is 13.1. The van der Waals surface area contributed by atoms with E-state index in [0.29, 0.717) is 22.9 Å². The molecule has 2 aromatic rings. The predicted octanol–water partition coefficient (Wildman–Crippen LogP) is 3.62. The molecule has 0 fully saturated rings. The number of rotatable bonds is 11. The van der Waals surface area contributed by atoms with Gasteiger partial charge in [-0.3, -0.25) is 14.4 Å². The lowest BCUT2D eigenvalue weighted by atomic mass is 10.1. The number of anilines is 1. The van der Waals surface area contributed by atoms with Crippen LogP contribution in [0, 0.1) is 5.82 Å². The van der Waals surface area contributed by atoms with Crippen molar-refractivity contribution in [3.05, 3.63) is 46.7 Å². The van der Waals surface area contributed by atoms with Gasteiger partial charge >= 0.3 is 0 Å². The van der Waals surface area contributed by atoms with E-state index in [2.05, 4.69) is 22.5 Å². The molecule has 3 amide bonds. The summed E-state index contributed by atoms with van der Waals surface area (Å²) in [6, 6.07) is 4.98. The number of thiazole rings is 1. The summed E-state index contributed by atoms with van der Waals surface area (Å²) >= 11 is 1.23. The lowest BCUT2D eigenvalue weighted by molar-refractivity contribution is -0.120. The molecule has 1 heterocycles. The lowest BCUT2D eigenvalue weighted by Gasteiger charge is -2.26. The largest absolute Gasteiger partial charge is 0.356 e. The molecule has 1 aromatic carbocycles. The van der Waals surface area contributed by atoms with E-state index in [0.717, 1.165) is 19.3 Å². The average Bonchev–Trinajstić information content (AvgIpc) is 3.15. The van der Waals surface area contributed by atoms with Crippen LogP contribution in [0.5, 0.6) is 0 Å². The van der Waals surface area contributed by atoms with Crippen LogP contribution in [0.15, 0.2) is 29.6 Å². The number of halogens is 1. The minimum atomic E-state index is -0.431. The number of amides is 3. The first-order chi connectivity index (χ1) is 14.8. The zero-order valence-corrected chi connectivity index (χ0v) is 18.9. The molecule has 0 radical (unpaired) electrons. The molecular formula is C22H29FN4O3S. The Hall–Kier alpha value is -2.81. The van der Waals surface area contributed by atoms with Gasteiger partial charge in [0, 0.05) is 23.5 Å². The Balaban J connectivity index is 1.89. The Morgan fingerprint density at radius 3 is 2.48 bits per heavy atom. The summed E-state index contributed by atoms with van der Waals surface area (Å²) in [5.41, 5.74) is 0.890. The van der Waals surface area contributed by atoms with Crippen molar-refractivity contribution in [1.29, 1.82) is 0 Å². The van der Waals surface area contributed by atoms with E-state index in [1.165, 1.54) is 40.5 Å². The molecule has 0 aliphatic rings. The van der Waals surface area contributed by atoms with Crippen LogP contribution in [-0.4, -0.2) is 46.7 Å². The normalized spacial score (nSPS) is 10.7. The summed E-state index contributed by atoms with van der Waals surface area (Å²) in [4.78, 5) is 42.8. The van der Waals surface area contributed by atoms with Gasteiger partial charge in [0.2, 0.25) is 11.8 Å². The maximum Gasteiger partial charge on any atom is 0.254 e. The van der Waals surface area contributed by atoms with Crippen LogP contribution in [0.25, 0.3) is 0 Å². The van der Waals surface area contributed by atoms with Gasteiger partial charge in [0.1, 0.15) is 12.4 Å². The third kappa shape index (κ3) is 8.09. The van der Waals surface area contributed by atoms with Crippen molar-refractivity contribution in [3.8, 4) is 0 Å². The highest BCUT2D eigenvalue weighted by molar-refractivity contribution is 7.13. The number of hydrogen-bond acceptors (Lipinski definition) is 5. The summed E-state index contributed by atoms with van der Waals surface area (Å²) in [7, 11) is 0. The fraction of sp³-hybridized carbons (Fsp3) is 0.455. The standard InChI is InChI=1S/C22H29FN4O3S/c1-4-5-6-11-24-19(28)12-18-14-31-22(25-18)26-20(29)13-27(15(2)3)21(30)16-7-9-17(23)10-8-16/h7-10,14-15H,4-6,11-13H2,1-3H3,(H,24,28)(H,25,26,29). The van der Waals surface area contributed by atoms with Crippen molar-refractivity contribution in [2.75, 3.05) is 18.4 Å². The smallest absolute Gasteiger partial charge is 0.254 e. The molecule has 0 saturated carbocycles. The van der Waals surface area contributed by atoms with Crippen LogP contribution < -0.4 is 10.6 Å². The molecule has 7 nitrogen and oxygen atoms in total. The second-order valence-corrected chi connectivity index (χ2v) is 8.32. The molecule has 0 spiro atoms. The minimum Gasteiger partial charge on any atom is -0.356 e. The molecule has 9 heteroatoms. The number of nitrogens with one attached hydrogen (secondary N) is 2. The van der Waals surface area contributed by atoms with Gasteiger partial charge in [-0.1, -0.05) is 19.8 Å². The van der Waals surface area contributed by atoms with E-state index in [4.69, 9.17) is 0 Å². The van der Waals surface area contributed by atoms with Crippen molar-refractivity contribution in [1.82, 2.24) is 15.2 Å². The van der Waals surface area contributed by atoms with Gasteiger partial charge in [0.25, 0.3) is 5.91 Å². The number of carbonyl (C=O) groups excluding carboxylic acids is 3. The van der Waals surface area contributed by atoms with E-state index in [1.807, 2.05) is 0 Å². The van der Waals surface area contributed by atoms with Crippen molar-refractivity contribution < 1.29 is 18.8 Å². The highest BCUT2D eigenvalue weighted by Crippen LogP contribution is 2.16. The van der Waals surface area contributed by atoms with Crippen molar-refractivity contribution >= 4 is 34.2 Å². The van der Waals surface area contributed by atoms with Gasteiger partial charge in [-0.25, -0.2) is 9.37 Å². The Bertz CT molecular complexity index is 883. The van der Waals surface area contributed by atoms with Gasteiger partial charge in [0.05, 0.1) is 12.1 Å². The Labute approximate surface area is 186 Å². The number of carbonyl (C=O) groups is 3. The van der Waals surface area contributed by atoms with Crippen molar-refractivity contribution in [3.63, 3.8) is 0 Å². The minimum absolute atomic E-state index is 0.102. The number of benzene rings is 1. The maximum absolute atomic E-state index is 13.1. The third-order valence-corrected chi connectivity index (χ3v) is 5.34. The summed E-state index contributed by atoms with van der Waals surface area (Å²) in [5.74, 6) is -1.28. The number of unbranched alkanes of at least 4 members (excludes halogenated alkanes) is 2. The highest BCUT2D eigenvalue weighted by Gasteiger charge is 2.22. The van der Waals surface area contributed by atoms with Gasteiger partial charge in [0.15, 0.2) is 5.13 Å². The molecule has 0 aliphatic carbocycles. The van der Waals surface area contributed by atoms with Crippen molar-refractivity contribution in [2.45, 2.75) is 52.5 Å². The SMILES string of the molecule is CCCCCNC(=O)Cc1csc(NC(=O)CN(C(=O)c2ccc(F)cc2)C(C)C)n1. The molecule has 0 bridgehead atoms. The lowest BCUT2D eigenvalue weighted by Crippen LogP contribution is -2.42. The second kappa shape index (κ2) is 12.1. The van der Waals surface area contributed by atoms with E-state index >= 15 is 0 Å². The van der Waals surface area contributed by atoms with E-state index < -0.39 is 11.7 Å². The van der Waals surface area contributed by atoms with Crippen LogP contribution in [0.1, 0.15) is 56.1 Å². The van der Waals surface area contributed by atoms with Crippen LogP contribution in [-0.2, 0) is 16.0 Å². The number of aromatic nitrogens is 1. The molecule has 2 rings (SSSR count). The van der Waals surface area contributed by atoms with E-state index in [-0.39, 0.29) is 30.8 Å². The first kappa shape index (κ1) is 24.5. The van der Waals surface area contributed by atoms with E-state index in [9.17, 15) is 18.8 Å². The fourth-order valence-corrected chi connectivity index (χ4v) is 3.56. The molecule has 31 heavy (non-hydrogen) atoms. The van der Waals surface area contributed by atoms with Crippen LogP contribution in [0.4, 0.5) is 9.52 Å². The van der Waals surface area contributed by atoms with E-state index in [1.54, 1.807) is 19.2 Å². The predicted molar refractivity (Wildman–Crippen MR) is 120 cm³/mol. The molecule has 1 aromatic heterocycles. The third-order valence-electron chi connectivity index (χ3n) is 4.53. The zero-order valence-electron chi connectivity index (χ0n) is 18.1. The quantitative estimate of drug-likeness (QED) is 0.514. The second-order valence-electron chi connectivity index (χ2n) is 7.46. The number of hydrogen-bond donors (Lipinski definition) is 2. The molecule has 0 saturated heterocycles. The molecule has 168 valence electrons. The fourth-order valence-electron chi connectivity index (χ4n) is 2.84. The van der Waals surface area contributed by atoms with Crippen LogP contribution >= 0.6 is 11.3 Å². The topological polar surface area (TPSA) is 91.4 Å². The van der Waals surface area contributed by atoms with Gasteiger partial charge in [-0.2, -0.15) is 0 Å². The molecule has 0 atom stereocenters. The van der Waals surface area contributed by atoms with Crippen LogP contribution in [0.2, 0.25) is 0 Å². The van der Waals surface area contributed by atoms with Gasteiger partial charge in [-0.05, 0) is 44.5 Å². The monoisotopic (exact) mass is 448 g/mol. The Morgan fingerprint density at radius 2 is 1.84 bits per heavy atom. The molecular weight excluding hydrogens is 419 g/mol. The first-order valence-electron chi connectivity index (χ1n) is 10.4. The Morgan fingerprint density at radius 1 is 1.13 bits per heavy atom. The molecule has 2 N–H and O–H groups in total. The first-order valence-corrected chi connectivity index (χ1v) is 11.3. The van der Waals surface area contributed by atoms with Gasteiger partial charge < -0.3 is 15.5 Å². The maximum atomic E-state index is 13.1. The van der Waals surface area contributed by atoms with Crippen molar-refractivity contribution in [2.24, 2.45) is 0 Å². The Kier molecular flexibility index (Phi) is 9.58. The van der Waals surface area contributed by atoms with Crippen LogP contribution in [0.3, 0.4) is 0 Å². The summed E-state index contributed by atoms with van der Waals surface area (Å²) in [5, 5.41) is 7.64. The van der Waals surface area contributed by atoms with Gasteiger partial charge in [-0.15, -0.1) is 11.3 Å². The number of nitrogens with zero attached hydrogens (tertiary/aromatic N) is 2. The summed E-state index contributed by atoms with van der Waals surface area (Å²) in [6.45, 7) is 6.19. The molecule has 0 unspecified atom stereocenters. The zero-order chi connectivity index (χ0) is 22.8. The molecule has 0 aliphatic heterocycles.